The second kappa shape index (κ2) is 9.56. The fourth-order valence-electron chi connectivity index (χ4n) is 5.37. The van der Waals surface area contributed by atoms with Crippen LogP contribution in [0.15, 0.2) is 36.3 Å². The summed E-state index contributed by atoms with van der Waals surface area (Å²) in [4.78, 5) is 26.2. The van der Waals surface area contributed by atoms with Crippen LogP contribution < -0.4 is 11.1 Å². The van der Waals surface area contributed by atoms with Crippen LogP contribution in [-0.2, 0) is 15.0 Å². The number of anilines is 1. The number of nitrogen functional groups attached to an aromatic ring is 1. The molecule has 1 saturated carbocycles. The number of fused-ring (bicyclic) bond motifs is 3. The minimum atomic E-state index is -0.533. The molecule has 0 saturated heterocycles. The molecule has 1 amide bonds. The van der Waals surface area contributed by atoms with E-state index in [-0.39, 0.29) is 12.1 Å². The van der Waals surface area contributed by atoms with E-state index >= 15 is 0 Å². The summed E-state index contributed by atoms with van der Waals surface area (Å²) in [6.45, 7) is 14.2. The van der Waals surface area contributed by atoms with Crippen molar-refractivity contribution in [2.45, 2.75) is 77.4 Å². The first kappa shape index (κ1) is 25.7. The molecule has 1 heterocycles. The Labute approximate surface area is 213 Å². The van der Waals surface area contributed by atoms with Crippen LogP contribution in [-0.4, -0.2) is 40.5 Å². The zero-order valence-electron chi connectivity index (χ0n) is 22.1. The van der Waals surface area contributed by atoms with Crippen molar-refractivity contribution in [1.82, 2.24) is 15.3 Å². The number of allylic oxidation sites excluding steroid dienone is 1. The second-order valence-corrected chi connectivity index (χ2v) is 11.2. The Morgan fingerprint density at radius 2 is 1.86 bits per heavy atom. The van der Waals surface area contributed by atoms with Crippen molar-refractivity contribution in [2.24, 2.45) is 11.1 Å². The first-order valence-corrected chi connectivity index (χ1v) is 12.5. The third-order valence-electron chi connectivity index (χ3n) is 7.12. The summed E-state index contributed by atoms with van der Waals surface area (Å²) >= 11 is 0. The minimum Gasteiger partial charge on any atom is -0.444 e. The lowest BCUT2D eigenvalue weighted by molar-refractivity contribution is 0.0490. The molecule has 0 atom stereocenters. The molecule has 2 aliphatic rings. The fraction of sp³-hybridized carbons (Fsp3) is 0.500. The smallest absolute Gasteiger partial charge is 0.407 e. The van der Waals surface area contributed by atoms with E-state index in [9.17, 15) is 4.79 Å². The lowest BCUT2D eigenvalue weighted by atomic mass is 9.69. The molecule has 0 unspecified atom stereocenters. The number of nitrogens with zero attached hydrogens (tertiary/aromatic N) is 3. The van der Waals surface area contributed by atoms with E-state index in [1.54, 1.807) is 7.11 Å². The Bertz CT molecular complexity index is 1200. The Morgan fingerprint density at radius 3 is 2.50 bits per heavy atom. The summed E-state index contributed by atoms with van der Waals surface area (Å²) in [5.41, 5.74) is 11.8. The number of hydrogen-bond acceptors (Lipinski definition) is 7. The van der Waals surface area contributed by atoms with Crippen LogP contribution in [0.2, 0.25) is 0 Å². The normalized spacial score (nSPS) is 21.8. The van der Waals surface area contributed by atoms with Gasteiger partial charge >= 0.3 is 6.09 Å². The summed E-state index contributed by atoms with van der Waals surface area (Å²) in [7, 11) is 1.55. The Kier molecular flexibility index (Phi) is 6.82. The summed E-state index contributed by atoms with van der Waals surface area (Å²) in [6.07, 6.45) is 4.84. The quantitative estimate of drug-likeness (QED) is 0.549. The highest BCUT2D eigenvalue weighted by Crippen LogP contribution is 2.45. The van der Waals surface area contributed by atoms with Gasteiger partial charge in [-0.15, -0.1) is 0 Å². The summed E-state index contributed by atoms with van der Waals surface area (Å²) in [5, 5.41) is 7.43. The number of carbonyl (C=O) groups is 1. The highest BCUT2D eigenvalue weighted by Gasteiger charge is 2.41. The topological polar surface area (TPSA) is 112 Å². The van der Waals surface area contributed by atoms with Gasteiger partial charge in [0.15, 0.2) is 0 Å². The van der Waals surface area contributed by atoms with Crippen LogP contribution in [0.1, 0.15) is 77.0 Å². The number of ether oxygens (including phenoxy) is 1. The van der Waals surface area contributed by atoms with Gasteiger partial charge in [0.25, 0.3) is 0 Å². The lowest BCUT2D eigenvalue weighted by Crippen LogP contribution is -2.41. The summed E-state index contributed by atoms with van der Waals surface area (Å²) in [5.74, 6) is 0.786. The molecule has 0 spiro atoms. The molecule has 1 aromatic carbocycles. The molecule has 8 heteroatoms. The van der Waals surface area contributed by atoms with Crippen molar-refractivity contribution in [2.75, 3.05) is 12.8 Å². The van der Waals surface area contributed by atoms with Crippen LogP contribution in [0.4, 0.5) is 10.6 Å². The maximum absolute atomic E-state index is 12.2. The zero-order chi connectivity index (χ0) is 26.3. The molecule has 0 bridgehead atoms. The number of alkyl carbamates (subject to hydrolysis) is 1. The van der Waals surface area contributed by atoms with Crippen molar-refractivity contribution < 1.29 is 14.4 Å². The number of hydrogen-bond donors (Lipinski definition) is 2. The van der Waals surface area contributed by atoms with Crippen LogP contribution >= 0.6 is 0 Å². The van der Waals surface area contributed by atoms with Crippen molar-refractivity contribution >= 4 is 23.2 Å². The maximum atomic E-state index is 12.2. The van der Waals surface area contributed by atoms with E-state index < -0.39 is 11.0 Å². The van der Waals surface area contributed by atoms with Crippen molar-refractivity contribution in [1.29, 1.82) is 0 Å². The Balaban J connectivity index is 1.56. The Hall–Kier alpha value is -3.42. The number of oxime groups is 1. The third-order valence-corrected chi connectivity index (χ3v) is 7.12. The highest BCUT2D eigenvalue weighted by molar-refractivity contribution is 6.15. The number of aromatic nitrogens is 2. The fourth-order valence-corrected chi connectivity index (χ4v) is 5.37. The SMILES string of the molecule is C=C(c1ccc2c(c1)/C(=N\OC)C(C)(C)c1c(N)ncnc1-2)C1CCC(NC(=O)OC(C)(C)C)CC1. The van der Waals surface area contributed by atoms with Crippen LogP contribution in [0.25, 0.3) is 16.8 Å². The van der Waals surface area contributed by atoms with Gasteiger partial charge < -0.3 is 20.6 Å². The lowest BCUT2D eigenvalue weighted by Gasteiger charge is -2.35. The van der Waals surface area contributed by atoms with Gasteiger partial charge in [-0.2, -0.15) is 0 Å². The molecule has 0 radical (unpaired) electrons. The molecule has 3 N–H and O–H groups in total. The number of amides is 1. The van der Waals surface area contributed by atoms with E-state index in [1.807, 2.05) is 20.8 Å². The standard InChI is InChI=1S/C28H37N5O3/c1-16(17-8-11-19(12-9-17)32-26(34)36-27(2,3)4)18-10-13-20-21(14-18)24(33-35-7)28(5,6)22-23(20)30-15-31-25(22)29/h10,13-15,17,19H,1,8-9,11-12H2,2-7H3,(H,32,34)(H2,29,30,31)/b33-24+. The van der Waals surface area contributed by atoms with E-state index in [1.165, 1.54) is 6.33 Å². The molecule has 1 aromatic heterocycles. The number of carbonyl (C=O) groups excluding carboxylic acids is 1. The van der Waals surface area contributed by atoms with E-state index in [0.29, 0.717) is 11.7 Å². The third kappa shape index (κ3) is 4.94. The molecule has 1 fully saturated rings. The van der Waals surface area contributed by atoms with E-state index in [0.717, 1.165) is 64.9 Å². The molecular weight excluding hydrogens is 454 g/mol. The predicted molar refractivity (Wildman–Crippen MR) is 143 cm³/mol. The first-order valence-electron chi connectivity index (χ1n) is 12.5. The summed E-state index contributed by atoms with van der Waals surface area (Å²) < 4.78 is 5.41. The monoisotopic (exact) mass is 491 g/mol. The molecule has 8 nitrogen and oxygen atoms in total. The van der Waals surface area contributed by atoms with Crippen molar-refractivity contribution in [3.63, 3.8) is 0 Å². The highest BCUT2D eigenvalue weighted by atomic mass is 16.6. The average Bonchev–Trinajstić information content (AvgIpc) is 2.80. The van der Waals surface area contributed by atoms with Gasteiger partial charge in [-0.1, -0.05) is 23.9 Å². The first-order chi connectivity index (χ1) is 16.9. The minimum absolute atomic E-state index is 0.121. The maximum Gasteiger partial charge on any atom is 0.407 e. The van der Waals surface area contributed by atoms with E-state index in [2.05, 4.69) is 59.1 Å². The number of rotatable bonds is 4. The largest absolute Gasteiger partial charge is 0.444 e. The van der Waals surface area contributed by atoms with Crippen LogP contribution in [0.3, 0.4) is 0 Å². The number of benzene rings is 1. The Morgan fingerprint density at radius 1 is 1.17 bits per heavy atom. The molecule has 36 heavy (non-hydrogen) atoms. The summed E-state index contributed by atoms with van der Waals surface area (Å²) in [6, 6.07) is 6.42. The van der Waals surface area contributed by atoms with Gasteiger partial charge in [0.2, 0.25) is 0 Å². The molecule has 0 aliphatic heterocycles. The van der Waals surface area contributed by atoms with Crippen molar-refractivity contribution in [3.05, 3.63) is 47.8 Å². The molecular formula is C28H37N5O3. The van der Waals surface area contributed by atoms with Gasteiger partial charge in [0, 0.05) is 28.1 Å². The van der Waals surface area contributed by atoms with Crippen molar-refractivity contribution in [3.8, 4) is 11.3 Å². The number of nitrogens with two attached hydrogens (primary N) is 1. The average molecular weight is 492 g/mol. The molecule has 2 aliphatic carbocycles. The predicted octanol–water partition coefficient (Wildman–Crippen LogP) is 5.46. The van der Waals surface area contributed by atoms with Gasteiger partial charge in [0.1, 0.15) is 24.9 Å². The molecule has 192 valence electrons. The molecule has 2 aromatic rings. The van der Waals surface area contributed by atoms with Gasteiger partial charge in [-0.05, 0) is 83.4 Å². The second-order valence-electron chi connectivity index (χ2n) is 11.2. The zero-order valence-corrected chi connectivity index (χ0v) is 22.1. The van der Waals surface area contributed by atoms with Crippen LogP contribution in [0, 0.1) is 5.92 Å². The van der Waals surface area contributed by atoms with Gasteiger partial charge in [-0.25, -0.2) is 14.8 Å². The molecule has 4 rings (SSSR count). The van der Waals surface area contributed by atoms with Crippen LogP contribution in [0.5, 0.6) is 0 Å². The number of nitrogens with one attached hydrogen (secondary N) is 1. The van der Waals surface area contributed by atoms with Gasteiger partial charge in [0.05, 0.1) is 11.4 Å². The van der Waals surface area contributed by atoms with Gasteiger partial charge in [-0.3, -0.25) is 0 Å². The van der Waals surface area contributed by atoms with E-state index in [4.69, 9.17) is 15.3 Å².